The Morgan fingerprint density at radius 2 is 2.00 bits per heavy atom. The first-order valence-electron chi connectivity index (χ1n) is 7.46. The average molecular weight is 241 g/mol. The summed E-state index contributed by atoms with van der Waals surface area (Å²) < 4.78 is 5.44. The summed E-state index contributed by atoms with van der Waals surface area (Å²) in [6.07, 6.45) is 6.65. The molecule has 3 unspecified atom stereocenters. The van der Waals surface area contributed by atoms with Crippen molar-refractivity contribution in [2.45, 2.75) is 52.9 Å². The van der Waals surface area contributed by atoms with Crippen LogP contribution in [-0.4, -0.2) is 19.8 Å². The van der Waals surface area contributed by atoms with Crippen molar-refractivity contribution in [1.29, 1.82) is 0 Å². The standard InChI is InChI=1S/C15H31NO/c1-4-17-9-5-6-14-10-13(12(2)3)7-8-15(14)11-16/h12-15H,4-11,16H2,1-3H3. The molecule has 0 aromatic heterocycles. The van der Waals surface area contributed by atoms with Crippen LogP contribution >= 0.6 is 0 Å². The van der Waals surface area contributed by atoms with Crippen LogP contribution in [0.2, 0.25) is 0 Å². The van der Waals surface area contributed by atoms with Gasteiger partial charge in [-0.05, 0) is 69.2 Å². The summed E-state index contributed by atoms with van der Waals surface area (Å²) in [6.45, 7) is 9.45. The molecule has 0 aliphatic heterocycles. The van der Waals surface area contributed by atoms with Gasteiger partial charge in [0.25, 0.3) is 0 Å². The van der Waals surface area contributed by atoms with Crippen LogP contribution in [0, 0.1) is 23.7 Å². The Labute approximate surface area is 107 Å². The summed E-state index contributed by atoms with van der Waals surface area (Å²) in [7, 11) is 0. The number of ether oxygens (including phenoxy) is 1. The summed E-state index contributed by atoms with van der Waals surface area (Å²) in [5.41, 5.74) is 5.91. The number of hydrogen-bond acceptors (Lipinski definition) is 2. The van der Waals surface area contributed by atoms with Crippen LogP contribution < -0.4 is 5.73 Å². The largest absolute Gasteiger partial charge is 0.382 e. The summed E-state index contributed by atoms with van der Waals surface area (Å²) >= 11 is 0. The fourth-order valence-corrected chi connectivity index (χ4v) is 3.22. The zero-order valence-electron chi connectivity index (χ0n) is 12.0. The Hall–Kier alpha value is -0.0800. The Balaban J connectivity index is 2.34. The molecule has 0 bridgehead atoms. The third-order valence-corrected chi connectivity index (χ3v) is 4.49. The van der Waals surface area contributed by atoms with E-state index >= 15 is 0 Å². The zero-order valence-corrected chi connectivity index (χ0v) is 12.0. The van der Waals surface area contributed by atoms with Gasteiger partial charge in [-0.25, -0.2) is 0 Å². The molecule has 0 aromatic carbocycles. The molecule has 102 valence electrons. The fraction of sp³-hybridized carbons (Fsp3) is 1.00. The minimum absolute atomic E-state index is 0.770. The second-order valence-corrected chi connectivity index (χ2v) is 5.91. The maximum Gasteiger partial charge on any atom is 0.0465 e. The van der Waals surface area contributed by atoms with Crippen molar-refractivity contribution in [1.82, 2.24) is 0 Å². The summed E-state index contributed by atoms with van der Waals surface area (Å²) in [5, 5.41) is 0. The van der Waals surface area contributed by atoms with E-state index in [1.54, 1.807) is 0 Å². The quantitative estimate of drug-likeness (QED) is 0.693. The van der Waals surface area contributed by atoms with Gasteiger partial charge in [0.15, 0.2) is 0 Å². The first-order chi connectivity index (χ1) is 8.19. The van der Waals surface area contributed by atoms with Crippen molar-refractivity contribution >= 4 is 0 Å². The molecular weight excluding hydrogens is 210 g/mol. The molecular formula is C15H31NO. The van der Waals surface area contributed by atoms with Gasteiger partial charge in [-0.2, -0.15) is 0 Å². The van der Waals surface area contributed by atoms with Crippen LogP contribution in [0.3, 0.4) is 0 Å². The molecule has 17 heavy (non-hydrogen) atoms. The molecule has 0 spiro atoms. The normalized spacial score (nSPS) is 29.8. The first kappa shape index (κ1) is 15.0. The molecule has 2 nitrogen and oxygen atoms in total. The Kier molecular flexibility index (Phi) is 7.14. The lowest BCUT2D eigenvalue weighted by molar-refractivity contribution is 0.111. The van der Waals surface area contributed by atoms with Gasteiger partial charge >= 0.3 is 0 Å². The zero-order chi connectivity index (χ0) is 12.7. The molecule has 1 aliphatic carbocycles. The highest BCUT2D eigenvalue weighted by atomic mass is 16.5. The number of rotatable bonds is 7. The van der Waals surface area contributed by atoms with Gasteiger partial charge in [-0.15, -0.1) is 0 Å². The predicted molar refractivity (Wildman–Crippen MR) is 73.9 cm³/mol. The van der Waals surface area contributed by atoms with Gasteiger partial charge in [0, 0.05) is 13.2 Å². The number of hydrogen-bond donors (Lipinski definition) is 1. The van der Waals surface area contributed by atoms with Crippen molar-refractivity contribution < 1.29 is 4.74 Å². The van der Waals surface area contributed by atoms with Gasteiger partial charge in [-0.3, -0.25) is 0 Å². The Bertz CT molecular complexity index is 193. The van der Waals surface area contributed by atoms with Gasteiger partial charge < -0.3 is 10.5 Å². The molecule has 3 atom stereocenters. The van der Waals surface area contributed by atoms with Crippen LogP contribution in [0.4, 0.5) is 0 Å². The van der Waals surface area contributed by atoms with E-state index in [0.29, 0.717) is 0 Å². The minimum atomic E-state index is 0.770. The van der Waals surface area contributed by atoms with E-state index in [1.165, 1.54) is 32.1 Å². The Morgan fingerprint density at radius 1 is 1.24 bits per heavy atom. The van der Waals surface area contributed by atoms with Gasteiger partial charge in [0.05, 0.1) is 0 Å². The minimum Gasteiger partial charge on any atom is -0.382 e. The lowest BCUT2D eigenvalue weighted by Gasteiger charge is -2.37. The molecule has 1 saturated carbocycles. The highest BCUT2D eigenvalue weighted by molar-refractivity contribution is 4.82. The maximum atomic E-state index is 5.91. The smallest absolute Gasteiger partial charge is 0.0465 e. The lowest BCUT2D eigenvalue weighted by atomic mass is 9.69. The molecule has 1 fully saturated rings. The SMILES string of the molecule is CCOCCCC1CC(C(C)C)CCC1CN. The topological polar surface area (TPSA) is 35.2 Å². The first-order valence-corrected chi connectivity index (χ1v) is 7.46. The summed E-state index contributed by atoms with van der Waals surface area (Å²) in [4.78, 5) is 0. The molecule has 1 rings (SSSR count). The fourth-order valence-electron chi connectivity index (χ4n) is 3.22. The average Bonchev–Trinajstić information content (AvgIpc) is 2.34. The Morgan fingerprint density at radius 3 is 2.59 bits per heavy atom. The van der Waals surface area contributed by atoms with Crippen molar-refractivity contribution in [2.24, 2.45) is 29.4 Å². The van der Waals surface area contributed by atoms with Crippen LogP contribution in [0.5, 0.6) is 0 Å². The highest BCUT2D eigenvalue weighted by Crippen LogP contribution is 2.39. The highest BCUT2D eigenvalue weighted by Gasteiger charge is 2.30. The van der Waals surface area contributed by atoms with E-state index in [9.17, 15) is 0 Å². The molecule has 0 amide bonds. The van der Waals surface area contributed by atoms with E-state index in [2.05, 4.69) is 20.8 Å². The molecule has 2 heteroatoms. The molecule has 0 heterocycles. The molecule has 0 aromatic rings. The van der Waals surface area contributed by atoms with E-state index < -0.39 is 0 Å². The summed E-state index contributed by atoms with van der Waals surface area (Å²) in [6, 6.07) is 0. The van der Waals surface area contributed by atoms with Gasteiger partial charge in [0.1, 0.15) is 0 Å². The van der Waals surface area contributed by atoms with E-state index in [0.717, 1.165) is 43.4 Å². The lowest BCUT2D eigenvalue weighted by Crippen LogP contribution is -2.32. The van der Waals surface area contributed by atoms with Crippen molar-refractivity contribution in [3.05, 3.63) is 0 Å². The van der Waals surface area contributed by atoms with E-state index in [-0.39, 0.29) is 0 Å². The maximum absolute atomic E-state index is 5.91. The van der Waals surface area contributed by atoms with Crippen LogP contribution in [0.15, 0.2) is 0 Å². The molecule has 0 radical (unpaired) electrons. The van der Waals surface area contributed by atoms with E-state index in [1.807, 2.05) is 0 Å². The van der Waals surface area contributed by atoms with Crippen molar-refractivity contribution in [3.63, 3.8) is 0 Å². The van der Waals surface area contributed by atoms with Crippen LogP contribution in [0.25, 0.3) is 0 Å². The number of nitrogens with two attached hydrogens (primary N) is 1. The second-order valence-electron chi connectivity index (χ2n) is 5.91. The van der Waals surface area contributed by atoms with Crippen LogP contribution in [0.1, 0.15) is 52.9 Å². The van der Waals surface area contributed by atoms with E-state index in [4.69, 9.17) is 10.5 Å². The predicted octanol–water partition coefficient (Wildman–Crippen LogP) is 3.45. The third-order valence-electron chi connectivity index (χ3n) is 4.49. The van der Waals surface area contributed by atoms with Crippen LogP contribution in [-0.2, 0) is 4.74 Å². The summed E-state index contributed by atoms with van der Waals surface area (Å²) in [5.74, 6) is 3.38. The van der Waals surface area contributed by atoms with Crippen molar-refractivity contribution in [3.8, 4) is 0 Å². The molecule has 2 N–H and O–H groups in total. The van der Waals surface area contributed by atoms with Crippen molar-refractivity contribution in [2.75, 3.05) is 19.8 Å². The second kappa shape index (κ2) is 8.10. The van der Waals surface area contributed by atoms with Gasteiger partial charge in [-0.1, -0.05) is 13.8 Å². The molecule has 1 aliphatic rings. The molecule has 0 saturated heterocycles. The third kappa shape index (κ3) is 4.97. The monoisotopic (exact) mass is 241 g/mol. The van der Waals surface area contributed by atoms with Gasteiger partial charge in [0.2, 0.25) is 0 Å².